The van der Waals surface area contributed by atoms with E-state index in [9.17, 15) is 18.3 Å². The molecule has 180 valence electrons. The monoisotopic (exact) mass is 484 g/mol. The Bertz CT molecular complexity index is 1470. The first kappa shape index (κ1) is 22.5. The Kier molecular flexibility index (Phi) is 5.47. The minimum Gasteiger partial charge on any atom is -0.497 e. The summed E-state index contributed by atoms with van der Waals surface area (Å²) < 4.78 is 48.7. The summed E-state index contributed by atoms with van der Waals surface area (Å²) in [6, 6.07) is 8.48. The number of H-pyrrole nitrogens is 1. The average Bonchev–Trinajstić information content (AvgIpc) is 3.56. The number of hydrogen-bond acceptors (Lipinski definition) is 7. The topological polar surface area (TPSA) is 119 Å². The second kappa shape index (κ2) is 8.51. The van der Waals surface area contributed by atoms with Crippen LogP contribution in [0.5, 0.6) is 5.75 Å². The van der Waals surface area contributed by atoms with Crippen LogP contribution in [0, 0.1) is 0 Å². The largest absolute Gasteiger partial charge is 0.497 e. The summed E-state index contributed by atoms with van der Waals surface area (Å²) in [6.07, 6.45) is -1.02. The lowest BCUT2D eigenvalue weighted by atomic mass is 10.2. The van der Waals surface area contributed by atoms with E-state index in [2.05, 4.69) is 30.0 Å². The zero-order valence-electron chi connectivity index (χ0n) is 18.5. The van der Waals surface area contributed by atoms with Crippen LogP contribution in [0.3, 0.4) is 0 Å². The van der Waals surface area contributed by atoms with Gasteiger partial charge in [0.15, 0.2) is 5.82 Å². The lowest BCUT2D eigenvalue weighted by molar-refractivity contribution is -0.144. The molecule has 5 aromatic rings. The zero-order chi connectivity index (χ0) is 24.7. The Labute approximate surface area is 196 Å². The standard InChI is InChI=1S/C22H19F3N8O2/c1-12(34)15-7-8-32-18(16-9-26-11-27-16)17(29-21(32)28-15)19-30-20(22(23,24)25)31-33(19)10-13-3-5-14(35-2)6-4-13/h3-9,11-12,34H,10H2,1-2H3,(H,26,27). The third kappa shape index (κ3) is 4.21. The number of rotatable bonds is 6. The predicted molar refractivity (Wildman–Crippen MR) is 117 cm³/mol. The molecule has 35 heavy (non-hydrogen) atoms. The lowest BCUT2D eigenvalue weighted by Crippen LogP contribution is -2.09. The highest BCUT2D eigenvalue weighted by molar-refractivity contribution is 5.76. The van der Waals surface area contributed by atoms with Gasteiger partial charge in [-0.3, -0.25) is 4.40 Å². The molecule has 0 fully saturated rings. The maximum atomic E-state index is 13.6. The van der Waals surface area contributed by atoms with E-state index in [0.29, 0.717) is 28.4 Å². The Morgan fingerprint density at radius 2 is 1.89 bits per heavy atom. The molecule has 0 saturated carbocycles. The fourth-order valence-corrected chi connectivity index (χ4v) is 3.63. The maximum Gasteiger partial charge on any atom is 0.453 e. The first-order valence-electron chi connectivity index (χ1n) is 10.5. The summed E-state index contributed by atoms with van der Waals surface area (Å²) in [5, 5.41) is 13.7. The quantitative estimate of drug-likeness (QED) is 0.379. The van der Waals surface area contributed by atoms with E-state index in [1.54, 1.807) is 47.9 Å². The zero-order valence-corrected chi connectivity index (χ0v) is 18.5. The van der Waals surface area contributed by atoms with Gasteiger partial charge < -0.3 is 14.8 Å². The number of ether oxygens (including phenoxy) is 1. The average molecular weight is 484 g/mol. The molecule has 1 unspecified atom stereocenters. The Morgan fingerprint density at radius 3 is 2.51 bits per heavy atom. The van der Waals surface area contributed by atoms with E-state index in [1.807, 2.05) is 0 Å². The van der Waals surface area contributed by atoms with Gasteiger partial charge in [0.25, 0.3) is 5.82 Å². The number of halogens is 3. The Morgan fingerprint density at radius 1 is 1.11 bits per heavy atom. The van der Waals surface area contributed by atoms with E-state index in [-0.39, 0.29) is 23.8 Å². The van der Waals surface area contributed by atoms with Gasteiger partial charge in [-0.05, 0) is 30.7 Å². The van der Waals surface area contributed by atoms with Gasteiger partial charge in [0.2, 0.25) is 5.78 Å². The number of aliphatic hydroxyl groups is 1. The summed E-state index contributed by atoms with van der Waals surface area (Å²) >= 11 is 0. The molecule has 4 aromatic heterocycles. The van der Waals surface area contributed by atoms with Gasteiger partial charge in [0, 0.05) is 6.20 Å². The van der Waals surface area contributed by atoms with Crippen molar-refractivity contribution in [1.82, 2.24) is 39.1 Å². The van der Waals surface area contributed by atoms with Crippen molar-refractivity contribution < 1.29 is 23.0 Å². The highest BCUT2D eigenvalue weighted by Gasteiger charge is 2.38. The van der Waals surface area contributed by atoms with Crippen molar-refractivity contribution >= 4 is 5.78 Å². The minimum atomic E-state index is -4.76. The van der Waals surface area contributed by atoms with Gasteiger partial charge in [-0.15, -0.1) is 5.10 Å². The maximum absolute atomic E-state index is 13.6. The fourth-order valence-electron chi connectivity index (χ4n) is 3.63. The van der Waals surface area contributed by atoms with Gasteiger partial charge in [-0.25, -0.2) is 24.6 Å². The molecule has 2 N–H and O–H groups in total. The molecule has 0 spiro atoms. The van der Waals surface area contributed by atoms with Crippen LogP contribution in [0.2, 0.25) is 0 Å². The van der Waals surface area contributed by atoms with Gasteiger partial charge in [-0.1, -0.05) is 12.1 Å². The van der Waals surface area contributed by atoms with E-state index >= 15 is 0 Å². The number of alkyl halides is 3. The van der Waals surface area contributed by atoms with Crippen LogP contribution >= 0.6 is 0 Å². The van der Waals surface area contributed by atoms with E-state index < -0.39 is 18.1 Å². The van der Waals surface area contributed by atoms with Gasteiger partial charge in [0.05, 0.1) is 43.7 Å². The van der Waals surface area contributed by atoms with Crippen LogP contribution in [-0.4, -0.2) is 51.3 Å². The Balaban J connectivity index is 1.71. The second-order valence-corrected chi connectivity index (χ2v) is 7.74. The Hall–Kier alpha value is -4.26. The highest BCUT2D eigenvalue weighted by atomic mass is 19.4. The molecule has 0 saturated heterocycles. The molecule has 1 aromatic carbocycles. The summed E-state index contributed by atoms with van der Waals surface area (Å²) in [5.41, 5.74) is 2.07. The van der Waals surface area contributed by atoms with Gasteiger partial charge in [0.1, 0.15) is 17.1 Å². The molecule has 13 heteroatoms. The van der Waals surface area contributed by atoms with Crippen LogP contribution < -0.4 is 4.74 Å². The number of aliphatic hydroxyl groups excluding tert-OH is 1. The molecule has 0 aliphatic rings. The summed E-state index contributed by atoms with van der Waals surface area (Å²) in [5.74, 6) is -0.589. The van der Waals surface area contributed by atoms with Crippen LogP contribution in [-0.2, 0) is 12.7 Å². The van der Waals surface area contributed by atoms with Crippen molar-refractivity contribution in [3.63, 3.8) is 0 Å². The molecule has 5 rings (SSSR count). The normalized spacial score (nSPS) is 12.9. The van der Waals surface area contributed by atoms with Crippen molar-refractivity contribution in [3.05, 3.63) is 66.1 Å². The number of imidazole rings is 2. The minimum absolute atomic E-state index is 0.00501. The summed E-state index contributed by atoms with van der Waals surface area (Å²) in [6.45, 7) is 1.56. The van der Waals surface area contributed by atoms with Crippen molar-refractivity contribution in [3.8, 4) is 28.7 Å². The molecule has 0 radical (unpaired) electrons. The van der Waals surface area contributed by atoms with Crippen molar-refractivity contribution in [1.29, 1.82) is 0 Å². The number of aromatic amines is 1. The smallest absolute Gasteiger partial charge is 0.453 e. The fraction of sp³-hybridized carbons (Fsp3) is 0.227. The molecule has 0 aliphatic carbocycles. The predicted octanol–water partition coefficient (Wildman–Crippen LogP) is 3.51. The summed E-state index contributed by atoms with van der Waals surface area (Å²) in [4.78, 5) is 19.6. The van der Waals surface area contributed by atoms with Crippen molar-refractivity contribution in [2.45, 2.75) is 25.7 Å². The summed E-state index contributed by atoms with van der Waals surface area (Å²) in [7, 11) is 1.53. The number of nitrogens with one attached hydrogen (secondary N) is 1. The number of benzene rings is 1. The SMILES string of the molecule is COc1ccc(Cn2nc(C(F)(F)F)nc2-c2nc3nc(C(C)O)ccn3c2-c2cnc[nH]2)cc1. The molecule has 10 nitrogen and oxygen atoms in total. The number of hydrogen-bond donors (Lipinski definition) is 2. The molecule has 0 bridgehead atoms. The van der Waals surface area contributed by atoms with Crippen LogP contribution in [0.4, 0.5) is 13.2 Å². The third-order valence-electron chi connectivity index (χ3n) is 5.33. The van der Waals surface area contributed by atoms with Crippen LogP contribution in [0.1, 0.15) is 30.1 Å². The van der Waals surface area contributed by atoms with Crippen LogP contribution in [0.15, 0.2) is 49.1 Å². The second-order valence-electron chi connectivity index (χ2n) is 7.74. The van der Waals surface area contributed by atoms with E-state index in [1.165, 1.54) is 19.6 Å². The highest BCUT2D eigenvalue weighted by Crippen LogP contribution is 2.34. The van der Waals surface area contributed by atoms with Crippen molar-refractivity contribution in [2.75, 3.05) is 7.11 Å². The number of fused-ring (bicyclic) bond motifs is 1. The van der Waals surface area contributed by atoms with Crippen LogP contribution in [0.25, 0.3) is 28.7 Å². The molecule has 4 heterocycles. The molecule has 0 amide bonds. The first-order valence-corrected chi connectivity index (χ1v) is 10.5. The van der Waals surface area contributed by atoms with Crippen molar-refractivity contribution in [2.24, 2.45) is 0 Å². The van der Waals surface area contributed by atoms with E-state index in [4.69, 9.17) is 4.74 Å². The number of aromatic nitrogens is 8. The molecule has 1 atom stereocenters. The third-order valence-corrected chi connectivity index (χ3v) is 5.33. The molecular formula is C22H19F3N8O2. The molecular weight excluding hydrogens is 465 g/mol. The lowest BCUT2D eigenvalue weighted by Gasteiger charge is -2.07. The van der Waals surface area contributed by atoms with Gasteiger partial charge in [-0.2, -0.15) is 13.2 Å². The van der Waals surface area contributed by atoms with E-state index in [0.717, 1.165) is 4.68 Å². The molecule has 0 aliphatic heterocycles. The first-order chi connectivity index (χ1) is 16.7. The number of methoxy groups -OCH3 is 1. The van der Waals surface area contributed by atoms with Gasteiger partial charge >= 0.3 is 6.18 Å². The number of nitrogens with zero attached hydrogens (tertiary/aromatic N) is 7.